The molecule has 6 nitrogen and oxygen atoms in total. The summed E-state index contributed by atoms with van der Waals surface area (Å²) in [6.07, 6.45) is -1.48. The van der Waals surface area contributed by atoms with Crippen molar-refractivity contribution in [1.82, 2.24) is 20.3 Å². The van der Waals surface area contributed by atoms with E-state index in [1.54, 1.807) is 23.4 Å². The summed E-state index contributed by atoms with van der Waals surface area (Å²) in [5.41, 5.74) is 3.58. The van der Waals surface area contributed by atoms with E-state index in [2.05, 4.69) is 20.3 Å². The number of carbonyl (C=O) groups excluding carboxylic acids is 1. The van der Waals surface area contributed by atoms with E-state index >= 15 is 0 Å². The van der Waals surface area contributed by atoms with E-state index in [-0.39, 0.29) is 12.1 Å². The van der Waals surface area contributed by atoms with Crippen LogP contribution in [0.15, 0.2) is 61.1 Å². The molecule has 2 amide bonds. The van der Waals surface area contributed by atoms with Gasteiger partial charge in [-0.05, 0) is 41.0 Å². The number of fused-ring (bicyclic) bond motifs is 1. The number of aromatic amines is 2. The first-order valence-corrected chi connectivity index (χ1v) is 9.26. The van der Waals surface area contributed by atoms with Crippen molar-refractivity contribution < 1.29 is 18.0 Å². The average Bonchev–Trinajstić information content (AvgIpc) is 3.46. The Morgan fingerprint density at radius 1 is 1.00 bits per heavy atom. The van der Waals surface area contributed by atoms with Crippen molar-refractivity contribution in [2.45, 2.75) is 12.2 Å². The molecule has 1 atom stereocenters. The number of aromatic nitrogens is 3. The van der Waals surface area contributed by atoms with Gasteiger partial charge < -0.3 is 15.3 Å². The fraction of sp³-hybridized carbons (Fsp3) is 0.143. The third kappa shape index (κ3) is 3.08. The quantitative estimate of drug-likeness (QED) is 0.451. The number of alkyl halides is 3. The van der Waals surface area contributed by atoms with Crippen LogP contribution in [0.1, 0.15) is 17.3 Å². The molecule has 0 saturated carbocycles. The van der Waals surface area contributed by atoms with Crippen LogP contribution in [-0.4, -0.2) is 27.5 Å². The number of H-pyrrole nitrogens is 2. The highest BCUT2D eigenvalue weighted by molar-refractivity contribution is 5.97. The Kier molecular flexibility index (Phi) is 4.05. The standard InChI is InChI=1S/C21H16F3N5O/c22-21(23,24)19-7-14(9-25-19)12-1-3-13(4-2-12)18-10-26-20(30)29(18)15-5-6-16-17(8-15)28-11-27-16/h1-9,11,18,25H,10H2,(H,26,30)(H,27,28). The Morgan fingerprint density at radius 3 is 2.53 bits per heavy atom. The second kappa shape index (κ2) is 6.65. The summed E-state index contributed by atoms with van der Waals surface area (Å²) in [5.74, 6) is 0. The Labute approximate surface area is 168 Å². The van der Waals surface area contributed by atoms with Crippen LogP contribution in [0.2, 0.25) is 0 Å². The average molecular weight is 411 g/mol. The highest BCUT2D eigenvalue weighted by Gasteiger charge is 2.34. The van der Waals surface area contributed by atoms with Gasteiger partial charge in [-0.25, -0.2) is 9.78 Å². The number of nitrogens with zero attached hydrogens (tertiary/aromatic N) is 2. The molecule has 5 rings (SSSR count). The summed E-state index contributed by atoms with van der Waals surface area (Å²) in [6.45, 7) is 0.432. The van der Waals surface area contributed by atoms with Gasteiger partial charge in [-0.3, -0.25) is 4.90 Å². The van der Waals surface area contributed by atoms with Crippen molar-refractivity contribution >= 4 is 22.8 Å². The van der Waals surface area contributed by atoms with Gasteiger partial charge in [0, 0.05) is 18.4 Å². The van der Waals surface area contributed by atoms with E-state index in [1.165, 1.54) is 6.20 Å². The van der Waals surface area contributed by atoms with Gasteiger partial charge >= 0.3 is 12.2 Å². The molecule has 1 unspecified atom stereocenters. The minimum absolute atomic E-state index is 0.205. The molecule has 0 spiro atoms. The first kappa shape index (κ1) is 18.3. The summed E-state index contributed by atoms with van der Waals surface area (Å²) in [6, 6.07) is 13.4. The third-order valence-electron chi connectivity index (χ3n) is 5.28. The Hall–Kier alpha value is -3.75. The molecule has 2 aromatic carbocycles. The predicted octanol–water partition coefficient (Wildman–Crippen LogP) is 4.85. The van der Waals surface area contributed by atoms with E-state index in [0.29, 0.717) is 17.7 Å². The van der Waals surface area contributed by atoms with Crippen molar-refractivity contribution in [3.05, 3.63) is 72.3 Å². The van der Waals surface area contributed by atoms with Crippen molar-refractivity contribution in [2.24, 2.45) is 0 Å². The lowest BCUT2D eigenvalue weighted by molar-refractivity contribution is -0.140. The lowest BCUT2D eigenvalue weighted by Crippen LogP contribution is -2.29. The maximum absolute atomic E-state index is 12.8. The van der Waals surface area contributed by atoms with Crippen LogP contribution in [0.3, 0.4) is 0 Å². The largest absolute Gasteiger partial charge is 0.431 e. The molecule has 152 valence electrons. The number of carbonyl (C=O) groups is 1. The monoisotopic (exact) mass is 411 g/mol. The number of anilines is 1. The molecule has 30 heavy (non-hydrogen) atoms. The highest BCUT2D eigenvalue weighted by atomic mass is 19.4. The summed E-state index contributed by atoms with van der Waals surface area (Å²) in [4.78, 5) is 23.7. The van der Waals surface area contributed by atoms with Crippen LogP contribution >= 0.6 is 0 Å². The molecular formula is C21H16F3N5O. The predicted molar refractivity (Wildman–Crippen MR) is 106 cm³/mol. The zero-order valence-electron chi connectivity index (χ0n) is 15.5. The smallest absolute Gasteiger partial charge is 0.357 e. The number of halogens is 3. The molecule has 1 saturated heterocycles. The lowest BCUT2D eigenvalue weighted by Gasteiger charge is -2.23. The maximum Gasteiger partial charge on any atom is 0.431 e. The van der Waals surface area contributed by atoms with Crippen molar-refractivity contribution in [3.63, 3.8) is 0 Å². The van der Waals surface area contributed by atoms with Crippen molar-refractivity contribution in [2.75, 3.05) is 11.4 Å². The zero-order valence-corrected chi connectivity index (χ0v) is 15.5. The van der Waals surface area contributed by atoms with Gasteiger partial charge in [0.2, 0.25) is 0 Å². The topological polar surface area (TPSA) is 76.8 Å². The first-order valence-electron chi connectivity index (χ1n) is 9.26. The number of imidazole rings is 1. The molecule has 9 heteroatoms. The van der Waals surface area contributed by atoms with Gasteiger partial charge in [-0.15, -0.1) is 0 Å². The van der Waals surface area contributed by atoms with E-state index < -0.39 is 11.9 Å². The lowest BCUT2D eigenvalue weighted by atomic mass is 10.0. The van der Waals surface area contributed by atoms with E-state index in [1.807, 2.05) is 30.3 Å². The van der Waals surface area contributed by atoms with Gasteiger partial charge in [0.25, 0.3) is 0 Å². The van der Waals surface area contributed by atoms with Gasteiger partial charge in [0.1, 0.15) is 5.69 Å². The second-order valence-corrected chi connectivity index (χ2v) is 7.10. The molecule has 0 radical (unpaired) electrons. The van der Waals surface area contributed by atoms with E-state index in [0.717, 1.165) is 28.4 Å². The van der Waals surface area contributed by atoms with Gasteiger partial charge in [0.15, 0.2) is 0 Å². The van der Waals surface area contributed by atoms with Crippen LogP contribution in [0.4, 0.5) is 23.7 Å². The van der Waals surface area contributed by atoms with Crippen LogP contribution < -0.4 is 10.2 Å². The van der Waals surface area contributed by atoms with E-state index in [4.69, 9.17) is 0 Å². The number of hydrogen-bond donors (Lipinski definition) is 3. The molecule has 3 heterocycles. The number of hydrogen-bond acceptors (Lipinski definition) is 2. The number of amides is 2. The second-order valence-electron chi connectivity index (χ2n) is 7.10. The van der Waals surface area contributed by atoms with Crippen molar-refractivity contribution in [1.29, 1.82) is 0 Å². The molecule has 1 aliphatic heterocycles. The maximum atomic E-state index is 12.8. The van der Waals surface area contributed by atoms with Gasteiger partial charge in [-0.1, -0.05) is 24.3 Å². The Morgan fingerprint density at radius 2 is 1.80 bits per heavy atom. The number of benzene rings is 2. The molecule has 3 N–H and O–H groups in total. The number of nitrogens with one attached hydrogen (secondary N) is 3. The minimum atomic E-state index is -4.41. The molecule has 1 fully saturated rings. The van der Waals surface area contributed by atoms with Crippen LogP contribution in [0.5, 0.6) is 0 Å². The molecular weight excluding hydrogens is 395 g/mol. The molecule has 0 aliphatic carbocycles. The Bertz CT molecular complexity index is 1230. The highest BCUT2D eigenvalue weighted by Crippen LogP contribution is 2.34. The van der Waals surface area contributed by atoms with Crippen LogP contribution in [0.25, 0.3) is 22.2 Å². The summed E-state index contributed by atoms with van der Waals surface area (Å²) in [5, 5.41) is 2.86. The molecule has 0 bridgehead atoms. The van der Waals surface area contributed by atoms with Crippen LogP contribution in [0, 0.1) is 0 Å². The van der Waals surface area contributed by atoms with Gasteiger partial charge in [-0.2, -0.15) is 13.2 Å². The minimum Gasteiger partial charge on any atom is -0.357 e. The number of rotatable bonds is 3. The van der Waals surface area contributed by atoms with Gasteiger partial charge in [0.05, 0.1) is 23.4 Å². The van der Waals surface area contributed by atoms with E-state index in [9.17, 15) is 18.0 Å². The normalized spacial score (nSPS) is 17.0. The fourth-order valence-electron chi connectivity index (χ4n) is 3.76. The van der Waals surface area contributed by atoms with Crippen LogP contribution in [-0.2, 0) is 6.18 Å². The fourth-order valence-corrected chi connectivity index (χ4v) is 3.76. The first-order chi connectivity index (χ1) is 14.4. The molecule has 1 aliphatic rings. The summed E-state index contributed by atoms with van der Waals surface area (Å²) >= 11 is 0. The Balaban J connectivity index is 1.44. The summed E-state index contributed by atoms with van der Waals surface area (Å²) in [7, 11) is 0. The summed E-state index contributed by atoms with van der Waals surface area (Å²) < 4.78 is 38.5. The number of urea groups is 1. The SMILES string of the molecule is O=C1NCC(c2ccc(-c3c[nH]c(C(F)(F)F)c3)cc2)N1c1ccc2nc[nH]c2c1. The third-order valence-corrected chi connectivity index (χ3v) is 5.28. The molecule has 4 aromatic rings. The van der Waals surface area contributed by atoms with Crippen molar-refractivity contribution in [3.8, 4) is 11.1 Å². The zero-order chi connectivity index (χ0) is 20.9. The molecule has 2 aromatic heterocycles.